The van der Waals surface area contributed by atoms with Crippen molar-refractivity contribution in [2.45, 2.75) is 32.4 Å². The first-order chi connectivity index (χ1) is 11.8. The summed E-state index contributed by atoms with van der Waals surface area (Å²) in [6.45, 7) is 1.91. The summed E-state index contributed by atoms with van der Waals surface area (Å²) in [5, 5.41) is 21.1. The van der Waals surface area contributed by atoms with E-state index in [1.54, 1.807) is 11.6 Å². The van der Waals surface area contributed by atoms with Crippen LogP contribution >= 0.6 is 0 Å². The predicted molar refractivity (Wildman–Crippen MR) is 92.8 cm³/mol. The number of hydrogen-bond acceptors (Lipinski definition) is 5. The average molecular weight is 352 g/mol. The zero-order chi connectivity index (χ0) is 18.7. The summed E-state index contributed by atoms with van der Waals surface area (Å²) in [7, 11) is 2.95. The van der Waals surface area contributed by atoms with Crippen molar-refractivity contribution >= 4 is 16.9 Å². The molecule has 1 amide bonds. The van der Waals surface area contributed by atoms with E-state index in [9.17, 15) is 19.5 Å². The molecule has 0 aliphatic carbocycles. The molecule has 138 valence electrons. The van der Waals surface area contributed by atoms with Crippen LogP contribution in [0.15, 0.2) is 15.7 Å². The highest BCUT2D eigenvalue weighted by atomic mass is 16.3. The topological polar surface area (TPSA) is 118 Å². The van der Waals surface area contributed by atoms with Gasteiger partial charge in [0.05, 0.1) is 18.1 Å². The van der Waals surface area contributed by atoms with Crippen LogP contribution in [0.1, 0.15) is 30.3 Å². The van der Waals surface area contributed by atoms with Crippen molar-refractivity contribution in [3.05, 3.63) is 32.6 Å². The molecule has 1 atom stereocenters. The second-order valence-corrected chi connectivity index (χ2v) is 6.02. The molecule has 25 heavy (non-hydrogen) atoms. The first-order valence-corrected chi connectivity index (χ1v) is 8.19. The van der Waals surface area contributed by atoms with Crippen LogP contribution in [0.25, 0.3) is 11.0 Å². The summed E-state index contributed by atoms with van der Waals surface area (Å²) in [4.78, 5) is 37.1. The first-order valence-electron chi connectivity index (χ1n) is 8.19. The van der Waals surface area contributed by atoms with Gasteiger partial charge in [-0.1, -0.05) is 13.3 Å². The summed E-state index contributed by atoms with van der Waals surface area (Å²) in [5.74, 6) is -0.477. The number of aryl methyl sites for hydroxylation is 2. The molecule has 0 aliphatic heterocycles. The van der Waals surface area contributed by atoms with Gasteiger partial charge in [0, 0.05) is 27.2 Å². The molecule has 0 radical (unpaired) electrons. The van der Waals surface area contributed by atoms with Gasteiger partial charge in [-0.2, -0.15) is 0 Å². The molecular weight excluding hydrogens is 328 g/mol. The van der Waals surface area contributed by atoms with Crippen molar-refractivity contribution in [1.29, 1.82) is 0 Å². The van der Waals surface area contributed by atoms with E-state index in [2.05, 4.69) is 5.32 Å². The number of hydrogen-bond donors (Lipinski definition) is 3. The first kappa shape index (κ1) is 18.9. The molecule has 9 nitrogen and oxygen atoms in total. The number of nitrogens with one attached hydrogen (secondary N) is 1. The molecule has 2 heterocycles. The predicted octanol–water partition coefficient (Wildman–Crippen LogP) is -1.08. The number of amides is 1. The normalized spacial score (nSPS) is 12.5. The molecule has 2 aromatic rings. The van der Waals surface area contributed by atoms with E-state index < -0.39 is 29.9 Å². The number of aliphatic hydroxyl groups is 2. The minimum Gasteiger partial charge on any atom is -0.394 e. The summed E-state index contributed by atoms with van der Waals surface area (Å²) >= 11 is 0. The Morgan fingerprint density at radius 3 is 2.56 bits per heavy atom. The summed E-state index contributed by atoms with van der Waals surface area (Å²) < 4.78 is 4.01. The number of nitrogens with zero attached hydrogens (tertiary/aromatic N) is 3. The van der Waals surface area contributed by atoms with Gasteiger partial charge in [-0.3, -0.25) is 18.7 Å². The van der Waals surface area contributed by atoms with Gasteiger partial charge in [0.1, 0.15) is 11.3 Å². The van der Waals surface area contributed by atoms with Crippen molar-refractivity contribution in [2.75, 3.05) is 13.2 Å². The van der Waals surface area contributed by atoms with Crippen LogP contribution in [-0.2, 0) is 20.6 Å². The third kappa shape index (κ3) is 3.52. The third-order valence-electron chi connectivity index (χ3n) is 4.17. The molecule has 0 aromatic carbocycles. The van der Waals surface area contributed by atoms with E-state index in [-0.39, 0.29) is 17.6 Å². The minimum absolute atomic E-state index is 0.110. The largest absolute Gasteiger partial charge is 0.394 e. The molecule has 0 aliphatic rings. The molecule has 0 unspecified atom stereocenters. The molecule has 2 aromatic heterocycles. The zero-order valence-corrected chi connectivity index (χ0v) is 14.7. The highest BCUT2D eigenvalue weighted by Crippen LogP contribution is 2.17. The van der Waals surface area contributed by atoms with E-state index in [4.69, 9.17) is 5.11 Å². The molecule has 0 saturated heterocycles. The van der Waals surface area contributed by atoms with Crippen LogP contribution in [0.5, 0.6) is 0 Å². The molecule has 0 bridgehead atoms. The zero-order valence-electron chi connectivity index (χ0n) is 14.7. The maximum atomic E-state index is 12.5. The van der Waals surface area contributed by atoms with Crippen LogP contribution in [0.3, 0.4) is 0 Å². The van der Waals surface area contributed by atoms with E-state index in [0.717, 1.165) is 17.4 Å². The Kier molecular flexibility index (Phi) is 5.81. The Labute approximate surface area is 144 Å². The second-order valence-electron chi connectivity index (χ2n) is 6.02. The quantitative estimate of drug-likeness (QED) is 0.586. The number of fused-ring (bicyclic) bond motifs is 1. The van der Waals surface area contributed by atoms with E-state index in [0.29, 0.717) is 12.2 Å². The van der Waals surface area contributed by atoms with Crippen LogP contribution in [0, 0.1) is 0 Å². The number of rotatable bonds is 7. The van der Waals surface area contributed by atoms with Gasteiger partial charge in [0.2, 0.25) is 0 Å². The number of unbranched alkanes of at least 4 members (excludes halogenated alkanes) is 1. The van der Waals surface area contributed by atoms with Gasteiger partial charge in [-0.15, -0.1) is 0 Å². The highest BCUT2D eigenvalue weighted by molar-refractivity contribution is 5.97. The summed E-state index contributed by atoms with van der Waals surface area (Å²) in [6, 6.07) is 1.47. The monoisotopic (exact) mass is 352 g/mol. The van der Waals surface area contributed by atoms with Crippen LogP contribution in [0.4, 0.5) is 0 Å². The van der Waals surface area contributed by atoms with Crippen molar-refractivity contribution in [3.8, 4) is 0 Å². The Bertz CT molecular complexity index is 893. The average Bonchev–Trinajstić information content (AvgIpc) is 3.00. The molecule has 9 heteroatoms. The van der Waals surface area contributed by atoms with Gasteiger partial charge in [-0.25, -0.2) is 4.79 Å². The van der Waals surface area contributed by atoms with Crippen molar-refractivity contribution in [3.63, 3.8) is 0 Å². The lowest BCUT2D eigenvalue weighted by molar-refractivity contribution is 0.0796. The van der Waals surface area contributed by atoms with Crippen LogP contribution in [0.2, 0.25) is 0 Å². The molecular formula is C16H24N4O5. The molecule has 0 saturated carbocycles. The highest BCUT2D eigenvalue weighted by Gasteiger charge is 2.21. The Balaban J connectivity index is 2.61. The lowest BCUT2D eigenvalue weighted by Gasteiger charge is -2.13. The van der Waals surface area contributed by atoms with Crippen LogP contribution < -0.4 is 16.6 Å². The SMILES string of the molecule is CCCCn1c(C(=O)NC[C@@H](O)CO)cc2c(=O)n(C)c(=O)n(C)c21. The van der Waals surface area contributed by atoms with E-state index in [1.165, 1.54) is 17.7 Å². The number of carbonyl (C=O) groups excluding carboxylic acids is 1. The fourth-order valence-corrected chi connectivity index (χ4v) is 2.74. The Hall–Kier alpha value is -2.39. The maximum absolute atomic E-state index is 12.5. The number of aliphatic hydroxyl groups excluding tert-OH is 2. The van der Waals surface area contributed by atoms with E-state index in [1.807, 2.05) is 6.92 Å². The second kappa shape index (κ2) is 7.66. The molecule has 3 N–H and O–H groups in total. The maximum Gasteiger partial charge on any atom is 0.332 e. The molecule has 0 fully saturated rings. The van der Waals surface area contributed by atoms with Gasteiger partial charge in [-0.05, 0) is 12.5 Å². The smallest absolute Gasteiger partial charge is 0.332 e. The van der Waals surface area contributed by atoms with E-state index >= 15 is 0 Å². The lowest BCUT2D eigenvalue weighted by atomic mass is 10.3. The van der Waals surface area contributed by atoms with Crippen molar-refractivity contribution < 1.29 is 15.0 Å². The van der Waals surface area contributed by atoms with Gasteiger partial charge >= 0.3 is 5.69 Å². The van der Waals surface area contributed by atoms with Gasteiger partial charge in [0.15, 0.2) is 0 Å². The lowest BCUT2D eigenvalue weighted by Crippen LogP contribution is -2.37. The Morgan fingerprint density at radius 2 is 1.96 bits per heavy atom. The number of carbonyl (C=O) groups is 1. The van der Waals surface area contributed by atoms with Crippen molar-refractivity contribution in [2.24, 2.45) is 14.1 Å². The third-order valence-corrected chi connectivity index (χ3v) is 4.17. The fourth-order valence-electron chi connectivity index (χ4n) is 2.74. The standard InChI is InChI=1S/C16H24N4O5/c1-4-5-6-20-12(13(23)17-8-10(22)9-21)7-11-14(20)18(2)16(25)19(3)15(11)24/h7,10,21-22H,4-6,8-9H2,1-3H3,(H,17,23)/t10-/m1/s1. The Morgan fingerprint density at radius 1 is 1.28 bits per heavy atom. The fraction of sp³-hybridized carbons (Fsp3) is 0.562. The molecule has 2 rings (SSSR count). The van der Waals surface area contributed by atoms with Crippen molar-refractivity contribution in [1.82, 2.24) is 19.0 Å². The summed E-state index contributed by atoms with van der Waals surface area (Å²) in [6.07, 6.45) is 0.588. The van der Waals surface area contributed by atoms with Crippen LogP contribution in [-0.4, -0.2) is 49.1 Å². The summed E-state index contributed by atoms with van der Waals surface area (Å²) in [5.41, 5.74) is -0.282. The van der Waals surface area contributed by atoms with Gasteiger partial charge < -0.3 is 20.1 Å². The van der Waals surface area contributed by atoms with Gasteiger partial charge in [0.25, 0.3) is 11.5 Å². The minimum atomic E-state index is -1.06. The number of aromatic nitrogens is 3. The molecule has 0 spiro atoms.